The highest BCUT2D eigenvalue weighted by Crippen LogP contribution is 2.66. The molecule has 4 aliphatic rings. The van der Waals surface area contributed by atoms with Gasteiger partial charge in [-0.1, -0.05) is 27.2 Å². The molecule has 0 saturated heterocycles. The summed E-state index contributed by atoms with van der Waals surface area (Å²) in [5, 5.41) is 17.0. The number of urea groups is 1. The molecule has 4 bridgehead atoms. The van der Waals surface area contributed by atoms with Crippen molar-refractivity contribution in [3.63, 3.8) is 0 Å². The first-order chi connectivity index (χ1) is 16.0. The third-order valence-corrected chi connectivity index (χ3v) is 7.77. The fourth-order valence-electron chi connectivity index (χ4n) is 7.55. The minimum atomic E-state index is -0.933. The number of halogens is 1. The second-order valence-corrected chi connectivity index (χ2v) is 11.5. The van der Waals surface area contributed by atoms with Crippen LogP contribution < -0.4 is 21.4 Å². The van der Waals surface area contributed by atoms with E-state index in [1.165, 1.54) is 31.4 Å². The molecule has 186 valence electrons. The molecular weight excluding hydrogens is 439 g/mol. The van der Waals surface area contributed by atoms with Gasteiger partial charge >= 0.3 is 6.03 Å². The van der Waals surface area contributed by atoms with Gasteiger partial charge in [-0.25, -0.2) is 9.18 Å². The van der Waals surface area contributed by atoms with Crippen LogP contribution in [-0.4, -0.2) is 34.6 Å². The number of rotatable bonds is 7. The van der Waals surface area contributed by atoms with Gasteiger partial charge in [0.05, 0.1) is 5.69 Å². The van der Waals surface area contributed by atoms with Crippen LogP contribution in [0.4, 0.5) is 14.9 Å². The summed E-state index contributed by atoms with van der Waals surface area (Å²) in [6, 6.07) is 2.25. The van der Waals surface area contributed by atoms with Crippen LogP contribution in [0, 0.1) is 22.6 Å². The molecule has 3 unspecified atom stereocenters. The lowest BCUT2D eigenvalue weighted by Crippen LogP contribution is -2.65. The average molecular weight is 475 g/mol. The van der Waals surface area contributed by atoms with Crippen molar-refractivity contribution in [3.05, 3.63) is 29.6 Å². The van der Waals surface area contributed by atoms with Crippen molar-refractivity contribution in [2.24, 2.45) is 16.7 Å². The summed E-state index contributed by atoms with van der Waals surface area (Å²) >= 11 is 0. The van der Waals surface area contributed by atoms with Gasteiger partial charge in [-0.2, -0.15) is 5.48 Å². The first kappa shape index (κ1) is 24.6. The van der Waals surface area contributed by atoms with Crippen molar-refractivity contribution >= 4 is 23.5 Å². The topological polar surface area (TPSA) is 120 Å². The Kier molecular flexibility index (Phi) is 6.46. The van der Waals surface area contributed by atoms with Gasteiger partial charge in [0.2, 0.25) is 5.91 Å². The molecule has 34 heavy (non-hydrogen) atoms. The van der Waals surface area contributed by atoms with Crippen LogP contribution >= 0.6 is 0 Å². The third-order valence-electron chi connectivity index (χ3n) is 7.77. The van der Waals surface area contributed by atoms with Gasteiger partial charge in [0, 0.05) is 11.1 Å². The van der Waals surface area contributed by atoms with Crippen LogP contribution in [0.15, 0.2) is 18.2 Å². The molecule has 1 aromatic rings. The predicted molar refractivity (Wildman–Crippen MR) is 125 cm³/mol. The first-order valence-electron chi connectivity index (χ1n) is 12.1. The SMILES string of the molecule is CCCC(NO)C(=O)NC(=O)c1ccc(NC(=O)NC23CC4CC(C)(CC(C)(C4)C2)C3)c(F)c1. The molecule has 0 radical (unpaired) electrons. The lowest BCUT2D eigenvalue weighted by atomic mass is 9.43. The minimum absolute atomic E-state index is 0.0385. The first-order valence-corrected chi connectivity index (χ1v) is 12.1. The van der Waals surface area contributed by atoms with Crippen LogP contribution in [0.3, 0.4) is 0 Å². The molecule has 4 saturated carbocycles. The van der Waals surface area contributed by atoms with E-state index in [2.05, 4.69) is 29.8 Å². The van der Waals surface area contributed by atoms with Gasteiger partial charge in [-0.15, -0.1) is 0 Å². The van der Waals surface area contributed by atoms with Gasteiger partial charge < -0.3 is 15.8 Å². The second kappa shape index (κ2) is 8.92. The summed E-state index contributed by atoms with van der Waals surface area (Å²) in [5.41, 5.74) is 1.97. The number of imide groups is 1. The van der Waals surface area contributed by atoms with Crippen molar-refractivity contribution in [1.29, 1.82) is 0 Å². The summed E-state index contributed by atoms with van der Waals surface area (Å²) in [7, 11) is 0. The molecule has 0 spiro atoms. The number of amides is 4. The van der Waals surface area contributed by atoms with Crippen LogP contribution in [0.25, 0.3) is 0 Å². The van der Waals surface area contributed by atoms with Gasteiger partial charge in [-0.3, -0.25) is 14.9 Å². The normalized spacial score (nSPS) is 32.2. The Morgan fingerprint density at radius 3 is 2.35 bits per heavy atom. The smallest absolute Gasteiger partial charge is 0.319 e. The van der Waals surface area contributed by atoms with Crippen molar-refractivity contribution in [2.45, 2.75) is 83.7 Å². The molecule has 3 atom stereocenters. The van der Waals surface area contributed by atoms with E-state index in [0.29, 0.717) is 18.8 Å². The Bertz CT molecular complexity index is 981. The molecule has 9 heteroatoms. The highest BCUT2D eigenvalue weighted by atomic mass is 19.1. The Labute approximate surface area is 199 Å². The maximum Gasteiger partial charge on any atom is 0.319 e. The van der Waals surface area contributed by atoms with Crippen molar-refractivity contribution < 1.29 is 24.0 Å². The molecule has 4 amide bonds. The zero-order valence-corrected chi connectivity index (χ0v) is 20.1. The zero-order valence-electron chi connectivity index (χ0n) is 20.1. The Hall–Kier alpha value is -2.52. The van der Waals surface area contributed by atoms with E-state index in [1.54, 1.807) is 0 Å². The molecular formula is C25H35FN4O4. The summed E-state index contributed by atoms with van der Waals surface area (Å²) in [6.07, 6.45) is 7.41. The predicted octanol–water partition coefficient (Wildman–Crippen LogP) is 4.10. The molecule has 5 N–H and O–H groups in total. The fourth-order valence-corrected chi connectivity index (χ4v) is 7.55. The van der Waals surface area contributed by atoms with Gasteiger partial charge in [0.1, 0.15) is 11.9 Å². The van der Waals surface area contributed by atoms with Crippen LogP contribution in [-0.2, 0) is 4.79 Å². The molecule has 5 rings (SSSR count). The molecule has 4 fully saturated rings. The van der Waals surface area contributed by atoms with E-state index in [9.17, 15) is 18.8 Å². The van der Waals surface area contributed by atoms with E-state index in [0.717, 1.165) is 25.3 Å². The Morgan fingerprint density at radius 1 is 1.12 bits per heavy atom. The molecule has 0 aliphatic heterocycles. The number of benzene rings is 1. The van der Waals surface area contributed by atoms with Gasteiger partial charge in [0.15, 0.2) is 0 Å². The zero-order chi connectivity index (χ0) is 24.7. The van der Waals surface area contributed by atoms with Crippen LogP contribution in [0.1, 0.15) is 82.5 Å². The van der Waals surface area contributed by atoms with Gasteiger partial charge in [-0.05, 0) is 79.9 Å². The maximum atomic E-state index is 14.7. The lowest BCUT2D eigenvalue weighted by Gasteiger charge is -2.65. The standard InChI is InChI=1S/C25H35FN4O4/c1-4-5-19(30-34)21(32)28-20(31)16-6-7-18(17(26)8-16)27-22(33)29-25-11-15-9-23(2,13-25)12-24(3,10-15)14-25/h6-8,15,19,30,34H,4-5,9-14H2,1-3H3,(H2,27,29,33)(H,28,31,32). The minimum Gasteiger partial charge on any atom is -0.332 e. The van der Waals surface area contributed by atoms with Crippen molar-refractivity contribution in [2.75, 3.05) is 5.32 Å². The molecule has 1 aromatic carbocycles. The van der Waals surface area contributed by atoms with E-state index in [4.69, 9.17) is 5.21 Å². The Morgan fingerprint density at radius 2 is 1.79 bits per heavy atom. The monoisotopic (exact) mass is 474 g/mol. The lowest BCUT2D eigenvalue weighted by molar-refractivity contribution is -0.124. The number of nitrogens with one attached hydrogen (secondary N) is 4. The number of hydrogen-bond acceptors (Lipinski definition) is 5. The summed E-state index contributed by atoms with van der Waals surface area (Å²) in [6.45, 7) is 6.47. The van der Waals surface area contributed by atoms with Crippen LogP contribution in [0.5, 0.6) is 0 Å². The maximum absolute atomic E-state index is 14.7. The highest BCUT2D eigenvalue weighted by molar-refractivity contribution is 6.06. The fraction of sp³-hybridized carbons (Fsp3) is 0.640. The number of hydroxylamine groups is 1. The van der Waals surface area contributed by atoms with Crippen molar-refractivity contribution in [1.82, 2.24) is 16.1 Å². The quantitative estimate of drug-likeness (QED) is 0.381. The highest BCUT2D eigenvalue weighted by Gasteiger charge is 2.60. The third kappa shape index (κ3) is 4.95. The van der Waals surface area contributed by atoms with E-state index >= 15 is 0 Å². The molecule has 0 heterocycles. The molecule has 8 nitrogen and oxygen atoms in total. The molecule has 0 aromatic heterocycles. The Balaban J connectivity index is 1.39. The second-order valence-electron chi connectivity index (χ2n) is 11.5. The summed E-state index contributed by atoms with van der Waals surface area (Å²) < 4.78 is 14.7. The molecule has 4 aliphatic carbocycles. The van der Waals surface area contributed by atoms with Crippen molar-refractivity contribution in [3.8, 4) is 0 Å². The number of carbonyl (C=O) groups excluding carboxylic acids is 3. The van der Waals surface area contributed by atoms with E-state index in [-0.39, 0.29) is 27.6 Å². The largest absolute Gasteiger partial charge is 0.332 e. The van der Waals surface area contributed by atoms with E-state index < -0.39 is 29.7 Å². The summed E-state index contributed by atoms with van der Waals surface area (Å²) in [5.74, 6) is -1.65. The number of anilines is 1. The summed E-state index contributed by atoms with van der Waals surface area (Å²) in [4.78, 5) is 37.3. The van der Waals surface area contributed by atoms with Gasteiger partial charge in [0.25, 0.3) is 5.91 Å². The number of carbonyl (C=O) groups is 3. The average Bonchev–Trinajstić information content (AvgIpc) is 2.70. The number of hydrogen-bond donors (Lipinski definition) is 5. The van der Waals surface area contributed by atoms with Crippen LogP contribution in [0.2, 0.25) is 0 Å². The van der Waals surface area contributed by atoms with E-state index in [1.807, 2.05) is 12.4 Å².